The quantitative estimate of drug-likeness (QED) is 0.700. The third-order valence-corrected chi connectivity index (χ3v) is 5.91. The van der Waals surface area contributed by atoms with Crippen LogP contribution < -0.4 is 15.4 Å². The normalized spacial score (nSPS) is 23.7. The van der Waals surface area contributed by atoms with E-state index in [1.165, 1.54) is 11.1 Å². The van der Waals surface area contributed by atoms with Gasteiger partial charge in [0.15, 0.2) is 0 Å². The first kappa shape index (κ1) is 17.5. The molecule has 1 aliphatic heterocycles. The molecule has 138 valence electrons. The summed E-state index contributed by atoms with van der Waals surface area (Å²) in [6.45, 7) is 3.46. The van der Waals surface area contributed by atoms with E-state index >= 15 is 0 Å². The summed E-state index contributed by atoms with van der Waals surface area (Å²) in [6.07, 6.45) is 2.55. The van der Waals surface area contributed by atoms with E-state index in [0.29, 0.717) is 6.61 Å². The van der Waals surface area contributed by atoms with E-state index in [-0.39, 0.29) is 17.6 Å². The molecule has 4 nitrogen and oxygen atoms in total. The van der Waals surface area contributed by atoms with E-state index in [0.717, 1.165) is 44.6 Å². The van der Waals surface area contributed by atoms with E-state index in [1.807, 2.05) is 30.3 Å². The number of fused-ring (bicyclic) bond motifs is 2. The fourth-order valence-electron chi connectivity index (χ4n) is 4.57. The molecule has 0 saturated carbocycles. The molecule has 2 aliphatic rings. The van der Waals surface area contributed by atoms with Crippen molar-refractivity contribution < 1.29 is 9.84 Å². The molecular weight excluding hydrogens is 324 g/mol. The Morgan fingerprint density at radius 2 is 1.77 bits per heavy atom. The molecule has 1 aliphatic carbocycles. The van der Waals surface area contributed by atoms with Crippen LogP contribution in [0.1, 0.15) is 36.4 Å². The van der Waals surface area contributed by atoms with Crippen LogP contribution in [0.4, 0.5) is 0 Å². The van der Waals surface area contributed by atoms with E-state index in [2.05, 4.69) is 34.9 Å². The summed E-state index contributed by atoms with van der Waals surface area (Å²) < 4.78 is 5.77. The van der Waals surface area contributed by atoms with Gasteiger partial charge >= 0.3 is 0 Å². The number of ether oxygens (including phenoxy) is 1. The average molecular weight is 352 g/mol. The van der Waals surface area contributed by atoms with Crippen LogP contribution in [0.15, 0.2) is 54.6 Å². The summed E-state index contributed by atoms with van der Waals surface area (Å²) in [5, 5.41) is 18.2. The molecule has 0 amide bonds. The van der Waals surface area contributed by atoms with Crippen LogP contribution in [-0.4, -0.2) is 37.5 Å². The number of hydrogen-bond acceptors (Lipinski definition) is 4. The van der Waals surface area contributed by atoms with E-state index in [4.69, 9.17) is 4.74 Å². The molecule has 2 atom stereocenters. The van der Waals surface area contributed by atoms with Crippen LogP contribution in [0.25, 0.3) is 0 Å². The Balaban J connectivity index is 1.37. The van der Waals surface area contributed by atoms with Crippen LogP contribution >= 0.6 is 0 Å². The number of aliphatic hydroxyl groups is 1. The summed E-state index contributed by atoms with van der Waals surface area (Å²) in [5.74, 6) is 0.910. The van der Waals surface area contributed by atoms with Crippen molar-refractivity contribution in [2.45, 2.75) is 36.8 Å². The highest BCUT2D eigenvalue weighted by Crippen LogP contribution is 2.49. The number of hydrogen-bond donors (Lipinski definition) is 3. The lowest BCUT2D eigenvalue weighted by molar-refractivity contribution is 0.0441. The van der Waals surface area contributed by atoms with Crippen molar-refractivity contribution in [2.75, 3.05) is 26.2 Å². The molecule has 1 spiro atoms. The third kappa shape index (κ3) is 3.25. The number of benzene rings is 2. The first-order chi connectivity index (χ1) is 12.8. The second-order valence-electron chi connectivity index (χ2n) is 7.39. The van der Waals surface area contributed by atoms with Crippen molar-refractivity contribution >= 4 is 0 Å². The Labute approximate surface area is 155 Å². The Kier molecular flexibility index (Phi) is 5.25. The number of para-hydroxylation sites is 1. The van der Waals surface area contributed by atoms with Gasteiger partial charge in [0, 0.05) is 5.41 Å². The second-order valence-corrected chi connectivity index (χ2v) is 7.39. The molecule has 0 unspecified atom stereocenters. The SMILES string of the molecule is O[C@H]1[C@H](NCCCOc2ccccc2)c2ccccc2C12CCNCC2. The topological polar surface area (TPSA) is 53.5 Å². The third-order valence-electron chi connectivity index (χ3n) is 5.91. The molecule has 2 aromatic carbocycles. The van der Waals surface area contributed by atoms with Crippen molar-refractivity contribution in [3.8, 4) is 5.75 Å². The molecule has 3 N–H and O–H groups in total. The van der Waals surface area contributed by atoms with E-state index in [1.54, 1.807) is 0 Å². The van der Waals surface area contributed by atoms with Gasteiger partial charge in [-0.05, 0) is 62.2 Å². The maximum Gasteiger partial charge on any atom is 0.119 e. The van der Waals surface area contributed by atoms with Gasteiger partial charge in [-0.15, -0.1) is 0 Å². The molecule has 1 saturated heterocycles. The average Bonchev–Trinajstić information content (AvgIpc) is 2.92. The van der Waals surface area contributed by atoms with Crippen LogP contribution in [0, 0.1) is 0 Å². The van der Waals surface area contributed by atoms with Gasteiger partial charge in [0.25, 0.3) is 0 Å². The molecule has 0 radical (unpaired) electrons. The van der Waals surface area contributed by atoms with Gasteiger partial charge in [-0.25, -0.2) is 0 Å². The van der Waals surface area contributed by atoms with E-state index < -0.39 is 0 Å². The predicted octanol–water partition coefficient (Wildman–Crippen LogP) is 2.78. The van der Waals surface area contributed by atoms with E-state index in [9.17, 15) is 5.11 Å². The molecule has 0 aromatic heterocycles. The lowest BCUT2D eigenvalue weighted by Crippen LogP contribution is -2.48. The summed E-state index contributed by atoms with van der Waals surface area (Å²) in [5.41, 5.74) is 2.51. The van der Waals surface area contributed by atoms with Gasteiger partial charge in [0.05, 0.1) is 18.8 Å². The molecule has 2 aromatic rings. The monoisotopic (exact) mass is 352 g/mol. The van der Waals surface area contributed by atoms with Crippen molar-refractivity contribution in [1.82, 2.24) is 10.6 Å². The summed E-state index contributed by atoms with van der Waals surface area (Å²) in [7, 11) is 0. The van der Waals surface area contributed by atoms with Gasteiger partial charge in [0.1, 0.15) is 5.75 Å². The highest BCUT2D eigenvalue weighted by atomic mass is 16.5. The zero-order chi connectivity index (χ0) is 17.8. The second kappa shape index (κ2) is 7.78. The number of aliphatic hydroxyl groups excluding tert-OH is 1. The van der Waals surface area contributed by atoms with Crippen molar-refractivity contribution in [2.24, 2.45) is 0 Å². The zero-order valence-corrected chi connectivity index (χ0v) is 15.2. The van der Waals surface area contributed by atoms with Crippen LogP contribution in [0.3, 0.4) is 0 Å². The fourth-order valence-corrected chi connectivity index (χ4v) is 4.57. The molecule has 4 rings (SSSR count). The predicted molar refractivity (Wildman–Crippen MR) is 104 cm³/mol. The molecule has 0 bridgehead atoms. The summed E-state index contributed by atoms with van der Waals surface area (Å²) in [6, 6.07) is 18.5. The van der Waals surface area contributed by atoms with Crippen LogP contribution in [0.5, 0.6) is 5.75 Å². The minimum atomic E-state index is -0.364. The van der Waals surface area contributed by atoms with Gasteiger partial charge in [-0.3, -0.25) is 0 Å². The molecule has 1 heterocycles. The Morgan fingerprint density at radius 3 is 2.58 bits per heavy atom. The largest absolute Gasteiger partial charge is 0.494 e. The summed E-state index contributed by atoms with van der Waals surface area (Å²) in [4.78, 5) is 0. The summed E-state index contributed by atoms with van der Waals surface area (Å²) >= 11 is 0. The van der Waals surface area contributed by atoms with Gasteiger partial charge < -0.3 is 20.5 Å². The molecule has 1 fully saturated rings. The minimum absolute atomic E-state index is 0.0148. The first-order valence-electron chi connectivity index (χ1n) is 9.71. The molecule has 26 heavy (non-hydrogen) atoms. The first-order valence-corrected chi connectivity index (χ1v) is 9.71. The lowest BCUT2D eigenvalue weighted by atomic mass is 9.72. The number of piperidine rings is 1. The number of nitrogens with one attached hydrogen (secondary N) is 2. The van der Waals surface area contributed by atoms with Gasteiger partial charge in [-0.1, -0.05) is 42.5 Å². The van der Waals surface area contributed by atoms with Crippen molar-refractivity contribution in [3.05, 3.63) is 65.7 Å². The molecule has 4 heteroatoms. The maximum atomic E-state index is 11.2. The standard InChI is InChI=1S/C22H28N2O2/c25-21-20(24-13-6-16-26-17-7-2-1-3-8-17)18-9-4-5-10-19(18)22(21)11-14-23-15-12-22/h1-5,7-10,20-21,23-25H,6,11-16H2/t20-,21+/m1/s1. The van der Waals surface area contributed by atoms with Crippen molar-refractivity contribution in [1.29, 1.82) is 0 Å². The van der Waals surface area contributed by atoms with Crippen LogP contribution in [0.2, 0.25) is 0 Å². The Morgan fingerprint density at radius 1 is 1.04 bits per heavy atom. The molecular formula is C22H28N2O2. The van der Waals surface area contributed by atoms with Gasteiger partial charge in [0.2, 0.25) is 0 Å². The fraction of sp³-hybridized carbons (Fsp3) is 0.455. The highest BCUT2D eigenvalue weighted by molar-refractivity contribution is 5.45. The van der Waals surface area contributed by atoms with Gasteiger partial charge in [-0.2, -0.15) is 0 Å². The lowest BCUT2D eigenvalue weighted by Gasteiger charge is -2.39. The number of rotatable bonds is 6. The van der Waals surface area contributed by atoms with Crippen molar-refractivity contribution in [3.63, 3.8) is 0 Å². The minimum Gasteiger partial charge on any atom is -0.494 e. The van der Waals surface area contributed by atoms with Crippen LogP contribution in [-0.2, 0) is 5.41 Å². The Hall–Kier alpha value is -1.88. The zero-order valence-electron chi connectivity index (χ0n) is 15.2. The maximum absolute atomic E-state index is 11.2. The smallest absolute Gasteiger partial charge is 0.119 e. The highest BCUT2D eigenvalue weighted by Gasteiger charge is 2.51. The Bertz CT molecular complexity index is 713.